The van der Waals surface area contributed by atoms with E-state index in [1.807, 2.05) is 36.1 Å². The average molecular weight is 293 g/mol. The largest absolute Gasteiger partial charge is 0.319 e. The molecule has 3 rings (SSSR count). The van der Waals surface area contributed by atoms with Crippen molar-refractivity contribution < 1.29 is 4.79 Å². The summed E-state index contributed by atoms with van der Waals surface area (Å²) >= 11 is 5.96. The molecule has 1 heterocycles. The summed E-state index contributed by atoms with van der Waals surface area (Å²) < 4.78 is 0. The molecule has 0 aromatic heterocycles. The Hall–Kier alpha value is -1.06. The van der Waals surface area contributed by atoms with Crippen molar-refractivity contribution in [1.29, 1.82) is 0 Å². The molecule has 2 fully saturated rings. The minimum absolute atomic E-state index is 0.0228. The van der Waals surface area contributed by atoms with Gasteiger partial charge in [0.1, 0.15) is 6.17 Å². The molecule has 1 aliphatic carbocycles. The molecular weight excluding hydrogens is 272 g/mol. The van der Waals surface area contributed by atoms with Gasteiger partial charge in [-0.3, -0.25) is 10.1 Å². The molecule has 1 aromatic rings. The van der Waals surface area contributed by atoms with Crippen LogP contribution in [0.5, 0.6) is 0 Å². The number of rotatable bonds is 3. The Bertz CT molecular complexity index is 498. The maximum Gasteiger partial charge on any atom is 0.241 e. The molecule has 0 bridgehead atoms. The SMILES string of the molecule is CC1NC(c2ccc(Cl)cc2)N(C(C)C2CCC2)C1=O. The van der Waals surface area contributed by atoms with Crippen molar-refractivity contribution in [2.24, 2.45) is 5.92 Å². The molecule has 1 amide bonds. The van der Waals surface area contributed by atoms with E-state index in [2.05, 4.69) is 12.2 Å². The normalized spacial score (nSPS) is 28.6. The summed E-state index contributed by atoms with van der Waals surface area (Å²) in [7, 11) is 0. The zero-order chi connectivity index (χ0) is 14.3. The van der Waals surface area contributed by atoms with Crippen LogP contribution >= 0.6 is 11.6 Å². The van der Waals surface area contributed by atoms with Crippen LogP contribution in [-0.4, -0.2) is 22.9 Å². The molecule has 20 heavy (non-hydrogen) atoms. The number of halogens is 1. The summed E-state index contributed by atoms with van der Waals surface area (Å²) in [5.41, 5.74) is 1.11. The summed E-state index contributed by atoms with van der Waals surface area (Å²) in [5.74, 6) is 0.866. The quantitative estimate of drug-likeness (QED) is 0.926. The molecule has 4 heteroatoms. The van der Waals surface area contributed by atoms with Crippen molar-refractivity contribution in [3.63, 3.8) is 0 Å². The van der Waals surface area contributed by atoms with Gasteiger partial charge in [-0.2, -0.15) is 0 Å². The van der Waals surface area contributed by atoms with Gasteiger partial charge in [0, 0.05) is 11.1 Å². The van der Waals surface area contributed by atoms with Crippen LogP contribution < -0.4 is 5.32 Å². The third-order valence-electron chi connectivity index (χ3n) is 4.77. The minimum Gasteiger partial charge on any atom is -0.319 e. The lowest BCUT2D eigenvalue weighted by Crippen LogP contribution is -2.44. The Morgan fingerprint density at radius 3 is 2.50 bits per heavy atom. The van der Waals surface area contributed by atoms with Crippen molar-refractivity contribution in [2.75, 3.05) is 0 Å². The highest BCUT2D eigenvalue weighted by Crippen LogP contribution is 2.37. The number of benzene rings is 1. The van der Waals surface area contributed by atoms with Crippen LogP contribution in [0.25, 0.3) is 0 Å². The number of hydrogen-bond acceptors (Lipinski definition) is 2. The highest BCUT2D eigenvalue weighted by atomic mass is 35.5. The van der Waals surface area contributed by atoms with Crippen molar-refractivity contribution in [3.8, 4) is 0 Å². The monoisotopic (exact) mass is 292 g/mol. The first-order chi connectivity index (χ1) is 9.58. The minimum atomic E-state index is -0.113. The van der Waals surface area contributed by atoms with E-state index in [4.69, 9.17) is 11.6 Å². The molecule has 1 saturated carbocycles. The fourth-order valence-corrected chi connectivity index (χ4v) is 3.35. The summed E-state index contributed by atoms with van der Waals surface area (Å²) in [6.45, 7) is 4.13. The van der Waals surface area contributed by atoms with E-state index in [1.54, 1.807) is 0 Å². The second-order valence-corrected chi connectivity index (χ2v) is 6.46. The molecule has 0 spiro atoms. The Balaban J connectivity index is 1.87. The predicted molar refractivity (Wildman–Crippen MR) is 80.4 cm³/mol. The second-order valence-electron chi connectivity index (χ2n) is 6.02. The fraction of sp³-hybridized carbons (Fsp3) is 0.562. The van der Waals surface area contributed by atoms with E-state index in [0.29, 0.717) is 12.0 Å². The van der Waals surface area contributed by atoms with Gasteiger partial charge in [0.2, 0.25) is 5.91 Å². The van der Waals surface area contributed by atoms with Gasteiger partial charge in [-0.25, -0.2) is 0 Å². The highest BCUT2D eigenvalue weighted by molar-refractivity contribution is 6.30. The molecule has 3 nitrogen and oxygen atoms in total. The number of amides is 1. The Labute approximate surface area is 125 Å². The van der Waals surface area contributed by atoms with Crippen LogP contribution in [0.4, 0.5) is 0 Å². The zero-order valence-corrected chi connectivity index (χ0v) is 12.7. The lowest BCUT2D eigenvalue weighted by molar-refractivity contribution is -0.133. The molecule has 1 saturated heterocycles. The fourth-order valence-electron chi connectivity index (χ4n) is 3.23. The smallest absolute Gasteiger partial charge is 0.241 e. The van der Waals surface area contributed by atoms with Gasteiger partial charge in [-0.1, -0.05) is 30.2 Å². The summed E-state index contributed by atoms with van der Waals surface area (Å²) in [4.78, 5) is 14.5. The van der Waals surface area contributed by atoms with E-state index in [1.165, 1.54) is 19.3 Å². The molecular formula is C16H21ClN2O. The summed E-state index contributed by atoms with van der Waals surface area (Å²) in [5, 5.41) is 4.13. The predicted octanol–water partition coefficient (Wildman–Crippen LogP) is 3.35. The first kappa shape index (κ1) is 13.9. The second kappa shape index (κ2) is 5.38. The van der Waals surface area contributed by atoms with Crippen LogP contribution in [-0.2, 0) is 4.79 Å². The van der Waals surface area contributed by atoms with Crippen LogP contribution in [0.15, 0.2) is 24.3 Å². The van der Waals surface area contributed by atoms with Crippen molar-refractivity contribution in [2.45, 2.75) is 51.4 Å². The number of carbonyl (C=O) groups excluding carboxylic acids is 1. The molecule has 3 unspecified atom stereocenters. The van der Waals surface area contributed by atoms with Crippen LogP contribution in [0.2, 0.25) is 5.02 Å². The lowest BCUT2D eigenvalue weighted by Gasteiger charge is -2.39. The lowest BCUT2D eigenvalue weighted by atomic mass is 9.79. The van der Waals surface area contributed by atoms with Crippen molar-refractivity contribution >= 4 is 17.5 Å². The molecule has 3 atom stereocenters. The topological polar surface area (TPSA) is 32.3 Å². The van der Waals surface area contributed by atoms with Gasteiger partial charge < -0.3 is 4.90 Å². The standard InChI is InChI=1S/C16H21ClN2O/c1-10-16(20)19(11(2)12-4-3-5-12)15(18-10)13-6-8-14(17)9-7-13/h6-12,15,18H,3-5H2,1-2H3. The Kier molecular flexibility index (Phi) is 3.74. The van der Waals surface area contributed by atoms with E-state index < -0.39 is 0 Å². The number of hydrogen-bond donors (Lipinski definition) is 1. The molecule has 1 aromatic carbocycles. The molecule has 108 valence electrons. The van der Waals surface area contributed by atoms with E-state index >= 15 is 0 Å². The first-order valence-corrected chi connectivity index (χ1v) is 7.79. The molecule has 1 aliphatic heterocycles. The van der Waals surface area contributed by atoms with Gasteiger partial charge in [-0.15, -0.1) is 0 Å². The van der Waals surface area contributed by atoms with Crippen LogP contribution in [0.1, 0.15) is 44.8 Å². The number of nitrogens with zero attached hydrogens (tertiary/aromatic N) is 1. The van der Waals surface area contributed by atoms with E-state index in [-0.39, 0.29) is 18.1 Å². The van der Waals surface area contributed by atoms with Crippen molar-refractivity contribution in [1.82, 2.24) is 10.2 Å². The summed E-state index contributed by atoms with van der Waals surface area (Å²) in [6.07, 6.45) is 3.76. The maximum atomic E-state index is 12.5. The van der Waals surface area contributed by atoms with Gasteiger partial charge in [0.15, 0.2) is 0 Å². The van der Waals surface area contributed by atoms with E-state index in [0.717, 1.165) is 10.6 Å². The third kappa shape index (κ3) is 2.33. The van der Waals surface area contributed by atoms with E-state index in [9.17, 15) is 4.79 Å². The van der Waals surface area contributed by atoms with Crippen LogP contribution in [0, 0.1) is 5.92 Å². The number of nitrogens with one attached hydrogen (secondary N) is 1. The van der Waals surface area contributed by atoms with Gasteiger partial charge in [0.25, 0.3) is 0 Å². The summed E-state index contributed by atoms with van der Waals surface area (Å²) in [6, 6.07) is 7.97. The van der Waals surface area contributed by atoms with Crippen LogP contribution in [0.3, 0.4) is 0 Å². The first-order valence-electron chi connectivity index (χ1n) is 7.41. The molecule has 2 aliphatic rings. The highest BCUT2D eigenvalue weighted by Gasteiger charge is 2.42. The number of carbonyl (C=O) groups is 1. The van der Waals surface area contributed by atoms with Gasteiger partial charge >= 0.3 is 0 Å². The van der Waals surface area contributed by atoms with Gasteiger partial charge in [-0.05, 0) is 50.3 Å². The third-order valence-corrected chi connectivity index (χ3v) is 5.02. The average Bonchev–Trinajstić information content (AvgIpc) is 2.64. The Morgan fingerprint density at radius 2 is 1.95 bits per heavy atom. The molecule has 1 N–H and O–H groups in total. The Morgan fingerprint density at radius 1 is 1.30 bits per heavy atom. The maximum absolute atomic E-state index is 12.5. The van der Waals surface area contributed by atoms with Crippen molar-refractivity contribution in [3.05, 3.63) is 34.9 Å². The molecule has 0 radical (unpaired) electrons. The van der Waals surface area contributed by atoms with Gasteiger partial charge in [0.05, 0.1) is 6.04 Å². The zero-order valence-electron chi connectivity index (χ0n) is 12.0.